The van der Waals surface area contributed by atoms with Crippen LogP contribution < -0.4 is 10.1 Å². The van der Waals surface area contributed by atoms with Crippen LogP contribution in [0, 0.1) is 20.8 Å². The molecule has 0 fully saturated rings. The molecule has 1 aromatic heterocycles. The molecule has 0 saturated heterocycles. The number of amides is 1. The van der Waals surface area contributed by atoms with Crippen LogP contribution in [0.5, 0.6) is 5.75 Å². The molecule has 0 aliphatic carbocycles. The van der Waals surface area contributed by atoms with Gasteiger partial charge >= 0.3 is 0 Å². The van der Waals surface area contributed by atoms with E-state index in [9.17, 15) is 4.79 Å². The monoisotopic (exact) mass is 334 g/mol. The molecular formula is C21H22N2O2. The van der Waals surface area contributed by atoms with Crippen LogP contribution in [0.15, 0.2) is 48.5 Å². The van der Waals surface area contributed by atoms with Gasteiger partial charge in [0.2, 0.25) is 0 Å². The highest BCUT2D eigenvalue weighted by Crippen LogP contribution is 2.23. The number of hydrogen-bond acceptors (Lipinski definition) is 3. The molecule has 0 radical (unpaired) electrons. The smallest absolute Gasteiger partial charge is 0.265 e. The number of carbonyl (C=O) groups excluding carboxylic acids is 1. The Balaban J connectivity index is 1.79. The van der Waals surface area contributed by atoms with Gasteiger partial charge in [-0.25, -0.2) is 0 Å². The van der Waals surface area contributed by atoms with E-state index in [2.05, 4.69) is 16.4 Å². The van der Waals surface area contributed by atoms with Crippen molar-refractivity contribution in [3.63, 3.8) is 0 Å². The maximum Gasteiger partial charge on any atom is 0.265 e. The highest BCUT2D eigenvalue weighted by Gasteiger charge is 2.16. The quantitative estimate of drug-likeness (QED) is 0.760. The van der Waals surface area contributed by atoms with Crippen LogP contribution in [0.4, 0.5) is 5.69 Å². The number of rotatable bonds is 4. The Hall–Kier alpha value is -2.88. The molecule has 1 N–H and O–H groups in total. The minimum absolute atomic E-state index is 0.199. The number of ether oxygens (including phenoxy) is 1. The molecule has 1 unspecified atom stereocenters. The summed E-state index contributed by atoms with van der Waals surface area (Å²) in [5.41, 5.74) is 4.61. The molecule has 1 amide bonds. The van der Waals surface area contributed by atoms with E-state index in [4.69, 9.17) is 4.74 Å². The van der Waals surface area contributed by atoms with E-state index in [1.807, 2.05) is 63.2 Å². The van der Waals surface area contributed by atoms with Gasteiger partial charge in [0.25, 0.3) is 5.91 Å². The number of hydrogen-bond donors (Lipinski definition) is 1. The van der Waals surface area contributed by atoms with Crippen molar-refractivity contribution < 1.29 is 9.53 Å². The standard InChI is InChI=1S/C21H22N2O2/c1-13-10-14(2)12-18(11-13)25-16(4)21(24)23-19-7-5-6-17-9-8-15(3)22-20(17)19/h5-12,16H,1-4H3,(H,23,24). The van der Waals surface area contributed by atoms with E-state index < -0.39 is 6.10 Å². The first-order chi connectivity index (χ1) is 11.9. The van der Waals surface area contributed by atoms with Gasteiger partial charge in [-0.1, -0.05) is 24.3 Å². The molecule has 3 aromatic rings. The third-order valence-corrected chi connectivity index (χ3v) is 3.99. The fraction of sp³-hybridized carbons (Fsp3) is 0.238. The third-order valence-electron chi connectivity index (χ3n) is 3.99. The molecule has 4 heteroatoms. The lowest BCUT2D eigenvalue weighted by Crippen LogP contribution is -2.30. The van der Waals surface area contributed by atoms with Crippen molar-refractivity contribution in [2.75, 3.05) is 5.32 Å². The summed E-state index contributed by atoms with van der Waals surface area (Å²) in [5, 5.41) is 3.93. The average molecular weight is 334 g/mol. The molecule has 25 heavy (non-hydrogen) atoms. The van der Waals surface area contributed by atoms with Crippen molar-refractivity contribution in [2.24, 2.45) is 0 Å². The van der Waals surface area contributed by atoms with Gasteiger partial charge in [0.1, 0.15) is 5.75 Å². The molecule has 0 spiro atoms. The summed E-state index contributed by atoms with van der Waals surface area (Å²) >= 11 is 0. The number of para-hydroxylation sites is 1. The number of benzene rings is 2. The average Bonchev–Trinajstić information content (AvgIpc) is 2.54. The molecule has 2 aromatic carbocycles. The summed E-state index contributed by atoms with van der Waals surface area (Å²) in [6, 6.07) is 15.6. The molecule has 0 aliphatic rings. The van der Waals surface area contributed by atoms with Crippen LogP contribution in [0.25, 0.3) is 10.9 Å². The fourth-order valence-electron chi connectivity index (χ4n) is 2.84. The van der Waals surface area contributed by atoms with Crippen molar-refractivity contribution in [3.05, 3.63) is 65.4 Å². The Bertz CT molecular complexity index is 914. The Morgan fingerprint density at radius 2 is 1.76 bits per heavy atom. The molecular weight excluding hydrogens is 312 g/mol. The van der Waals surface area contributed by atoms with E-state index in [1.165, 1.54) is 0 Å². The molecule has 1 heterocycles. The molecule has 0 bridgehead atoms. The number of nitrogens with one attached hydrogen (secondary N) is 1. The van der Waals surface area contributed by atoms with Gasteiger partial charge in [-0.05, 0) is 63.1 Å². The van der Waals surface area contributed by atoms with Crippen molar-refractivity contribution >= 4 is 22.5 Å². The lowest BCUT2D eigenvalue weighted by atomic mass is 10.1. The van der Waals surface area contributed by atoms with E-state index >= 15 is 0 Å². The van der Waals surface area contributed by atoms with Crippen molar-refractivity contribution in [1.29, 1.82) is 0 Å². The Labute approximate surface area is 147 Å². The maximum absolute atomic E-state index is 12.6. The van der Waals surface area contributed by atoms with Crippen LogP contribution in [0.3, 0.4) is 0 Å². The van der Waals surface area contributed by atoms with Crippen LogP contribution in [0.1, 0.15) is 23.7 Å². The zero-order chi connectivity index (χ0) is 18.0. The highest BCUT2D eigenvalue weighted by atomic mass is 16.5. The number of fused-ring (bicyclic) bond motifs is 1. The van der Waals surface area contributed by atoms with Gasteiger partial charge in [0.05, 0.1) is 11.2 Å². The normalized spacial score (nSPS) is 12.0. The summed E-state index contributed by atoms with van der Waals surface area (Å²) in [6.07, 6.45) is -0.610. The number of pyridine rings is 1. The summed E-state index contributed by atoms with van der Waals surface area (Å²) in [6.45, 7) is 7.70. The van der Waals surface area contributed by atoms with E-state index in [1.54, 1.807) is 6.92 Å². The molecule has 0 saturated carbocycles. The summed E-state index contributed by atoms with van der Waals surface area (Å²) in [7, 11) is 0. The van der Waals surface area contributed by atoms with Crippen LogP contribution in [-0.4, -0.2) is 17.0 Å². The van der Waals surface area contributed by atoms with Crippen molar-refractivity contribution in [3.8, 4) is 5.75 Å². The number of aryl methyl sites for hydroxylation is 3. The fourth-order valence-corrected chi connectivity index (χ4v) is 2.84. The third kappa shape index (κ3) is 3.97. The van der Waals surface area contributed by atoms with Crippen LogP contribution in [0.2, 0.25) is 0 Å². The van der Waals surface area contributed by atoms with Gasteiger partial charge in [0.15, 0.2) is 6.10 Å². The second-order valence-electron chi connectivity index (χ2n) is 6.40. The van der Waals surface area contributed by atoms with Gasteiger partial charge in [-0.3, -0.25) is 9.78 Å². The number of nitrogens with zero attached hydrogens (tertiary/aromatic N) is 1. The van der Waals surface area contributed by atoms with Gasteiger partial charge < -0.3 is 10.1 Å². The molecule has 4 nitrogen and oxygen atoms in total. The first-order valence-electron chi connectivity index (χ1n) is 8.34. The predicted molar refractivity (Wildman–Crippen MR) is 101 cm³/mol. The second-order valence-corrected chi connectivity index (χ2v) is 6.40. The van der Waals surface area contributed by atoms with Gasteiger partial charge in [-0.2, -0.15) is 0 Å². The van der Waals surface area contributed by atoms with Crippen LogP contribution >= 0.6 is 0 Å². The lowest BCUT2D eigenvalue weighted by Gasteiger charge is -2.16. The molecule has 3 rings (SSSR count). The molecule has 0 aliphatic heterocycles. The highest BCUT2D eigenvalue weighted by molar-refractivity contribution is 6.01. The van der Waals surface area contributed by atoms with E-state index in [-0.39, 0.29) is 5.91 Å². The van der Waals surface area contributed by atoms with Crippen molar-refractivity contribution in [1.82, 2.24) is 4.98 Å². The number of anilines is 1. The largest absolute Gasteiger partial charge is 0.481 e. The SMILES string of the molecule is Cc1cc(C)cc(OC(C)C(=O)Nc2cccc3ccc(C)nc23)c1. The van der Waals surface area contributed by atoms with Gasteiger partial charge in [-0.15, -0.1) is 0 Å². The first-order valence-corrected chi connectivity index (χ1v) is 8.34. The van der Waals surface area contributed by atoms with Crippen molar-refractivity contribution in [2.45, 2.75) is 33.8 Å². The lowest BCUT2D eigenvalue weighted by molar-refractivity contribution is -0.122. The minimum Gasteiger partial charge on any atom is -0.481 e. The van der Waals surface area contributed by atoms with Gasteiger partial charge in [0, 0.05) is 11.1 Å². The minimum atomic E-state index is -0.610. The Kier molecular flexibility index (Phi) is 4.70. The molecule has 128 valence electrons. The van der Waals surface area contributed by atoms with E-state index in [0.29, 0.717) is 11.4 Å². The zero-order valence-corrected chi connectivity index (χ0v) is 15.0. The Morgan fingerprint density at radius 1 is 1.04 bits per heavy atom. The Morgan fingerprint density at radius 3 is 2.48 bits per heavy atom. The predicted octanol–water partition coefficient (Wildman–Crippen LogP) is 4.57. The zero-order valence-electron chi connectivity index (χ0n) is 15.0. The summed E-state index contributed by atoms with van der Waals surface area (Å²) in [4.78, 5) is 17.1. The second kappa shape index (κ2) is 6.93. The maximum atomic E-state index is 12.6. The van der Waals surface area contributed by atoms with E-state index in [0.717, 1.165) is 27.7 Å². The topological polar surface area (TPSA) is 51.2 Å². The summed E-state index contributed by atoms with van der Waals surface area (Å²) < 4.78 is 5.81. The summed E-state index contributed by atoms with van der Waals surface area (Å²) in [5.74, 6) is 0.502. The number of aromatic nitrogens is 1. The number of carbonyl (C=O) groups is 1. The van der Waals surface area contributed by atoms with Crippen LogP contribution in [-0.2, 0) is 4.79 Å². The molecule has 1 atom stereocenters. The first kappa shape index (κ1) is 17.0.